The van der Waals surface area contributed by atoms with Gasteiger partial charge in [-0.25, -0.2) is 0 Å². The summed E-state index contributed by atoms with van der Waals surface area (Å²) in [6, 6.07) is 0. The molecule has 0 aromatic rings. The molecule has 2 N–H and O–H groups in total. The van der Waals surface area contributed by atoms with Gasteiger partial charge in [0.05, 0.1) is 0 Å². The number of aliphatic hydroxyl groups is 1. The van der Waals surface area contributed by atoms with Crippen molar-refractivity contribution in [1.29, 1.82) is 0 Å². The Morgan fingerprint density at radius 3 is 2.27 bits per heavy atom. The standard InChI is InChI=1S/C8H17NO2/c1-6(2)5-9-7(10)8(3,4)11/h6,11H,5H2,1-4H3,(H,9,10). The summed E-state index contributed by atoms with van der Waals surface area (Å²) in [6.07, 6.45) is 0. The molecule has 0 aliphatic heterocycles. The Morgan fingerprint density at radius 2 is 2.00 bits per heavy atom. The van der Waals surface area contributed by atoms with E-state index in [9.17, 15) is 9.90 Å². The molecule has 0 spiro atoms. The number of carbonyl (C=O) groups excluding carboxylic acids is 1. The lowest BCUT2D eigenvalue weighted by atomic mass is 10.1. The van der Waals surface area contributed by atoms with Gasteiger partial charge in [0.15, 0.2) is 0 Å². The Labute approximate surface area is 67.8 Å². The first-order valence-electron chi connectivity index (χ1n) is 3.84. The van der Waals surface area contributed by atoms with Crippen LogP contribution in [0, 0.1) is 5.92 Å². The summed E-state index contributed by atoms with van der Waals surface area (Å²) in [5.41, 5.74) is -1.26. The van der Waals surface area contributed by atoms with Crippen LogP contribution in [-0.4, -0.2) is 23.2 Å². The Kier molecular flexibility index (Phi) is 3.52. The summed E-state index contributed by atoms with van der Waals surface area (Å²) < 4.78 is 0. The van der Waals surface area contributed by atoms with E-state index in [1.807, 2.05) is 13.8 Å². The molecule has 3 nitrogen and oxygen atoms in total. The molecule has 0 aromatic carbocycles. The molecule has 0 aromatic heterocycles. The summed E-state index contributed by atoms with van der Waals surface area (Å²) in [4.78, 5) is 11.0. The predicted molar refractivity (Wildman–Crippen MR) is 44.1 cm³/mol. The van der Waals surface area contributed by atoms with E-state index < -0.39 is 5.60 Å². The molecule has 0 saturated heterocycles. The van der Waals surface area contributed by atoms with Crippen LogP contribution in [-0.2, 0) is 4.79 Å². The Hall–Kier alpha value is -0.570. The van der Waals surface area contributed by atoms with Crippen molar-refractivity contribution in [1.82, 2.24) is 5.32 Å². The zero-order valence-corrected chi connectivity index (χ0v) is 7.64. The van der Waals surface area contributed by atoms with Crippen molar-refractivity contribution >= 4 is 5.91 Å². The monoisotopic (exact) mass is 159 g/mol. The molecule has 0 rings (SSSR count). The molecule has 0 unspecified atom stereocenters. The second-order valence-corrected chi connectivity index (χ2v) is 3.66. The fraction of sp³-hybridized carbons (Fsp3) is 0.875. The van der Waals surface area contributed by atoms with Gasteiger partial charge in [0, 0.05) is 6.54 Å². The van der Waals surface area contributed by atoms with Gasteiger partial charge in [0.1, 0.15) is 5.60 Å². The maximum absolute atomic E-state index is 11.0. The lowest BCUT2D eigenvalue weighted by molar-refractivity contribution is -0.136. The molecule has 0 aliphatic carbocycles. The second kappa shape index (κ2) is 3.72. The molecule has 66 valence electrons. The van der Waals surface area contributed by atoms with E-state index in [4.69, 9.17) is 0 Å². The lowest BCUT2D eigenvalue weighted by Gasteiger charge is -2.17. The number of hydrogen-bond acceptors (Lipinski definition) is 2. The number of carbonyl (C=O) groups is 1. The minimum absolute atomic E-state index is 0.314. The molecule has 0 aliphatic rings. The van der Waals surface area contributed by atoms with E-state index >= 15 is 0 Å². The number of hydrogen-bond donors (Lipinski definition) is 2. The average molecular weight is 159 g/mol. The van der Waals surface area contributed by atoms with Crippen LogP contribution in [0.15, 0.2) is 0 Å². The van der Waals surface area contributed by atoms with Gasteiger partial charge in [-0.05, 0) is 19.8 Å². The maximum atomic E-state index is 11.0. The van der Waals surface area contributed by atoms with Crippen molar-refractivity contribution in [2.45, 2.75) is 33.3 Å². The molecule has 0 atom stereocenters. The maximum Gasteiger partial charge on any atom is 0.251 e. The first-order chi connectivity index (χ1) is 4.84. The van der Waals surface area contributed by atoms with Gasteiger partial charge >= 0.3 is 0 Å². The highest BCUT2D eigenvalue weighted by Crippen LogP contribution is 2.00. The topological polar surface area (TPSA) is 49.3 Å². The second-order valence-electron chi connectivity index (χ2n) is 3.66. The highest BCUT2D eigenvalue weighted by molar-refractivity contribution is 5.83. The highest BCUT2D eigenvalue weighted by Gasteiger charge is 2.22. The summed E-state index contributed by atoms with van der Waals surface area (Å²) in [5.74, 6) is 0.104. The molecule has 0 radical (unpaired) electrons. The fourth-order valence-electron chi connectivity index (χ4n) is 0.513. The van der Waals surface area contributed by atoms with E-state index in [-0.39, 0.29) is 5.91 Å². The van der Waals surface area contributed by atoms with Gasteiger partial charge in [0.2, 0.25) is 0 Å². The van der Waals surface area contributed by atoms with Crippen LogP contribution in [0.3, 0.4) is 0 Å². The normalized spacial score (nSPS) is 11.8. The van der Waals surface area contributed by atoms with Crippen LogP contribution in [0.5, 0.6) is 0 Å². The first-order valence-corrected chi connectivity index (χ1v) is 3.84. The van der Waals surface area contributed by atoms with Crippen molar-refractivity contribution in [3.8, 4) is 0 Å². The molecule has 0 saturated carbocycles. The minimum atomic E-state index is -1.26. The smallest absolute Gasteiger partial charge is 0.251 e. The molecular weight excluding hydrogens is 142 g/mol. The summed E-state index contributed by atoms with van der Waals surface area (Å²) in [7, 11) is 0. The largest absolute Gasteiger partial charge is 0.381 e. The highest BCUT2D eigenvalue weighted by atomic mass is 16.3. The number of rotatable bonds is 3. The Balaban J connectivity index is 3.71. The SMILES string of the molecule is CC(C)CNC(=O)C(C)(C)O. The zero-order valence-electron chi connectivity index (χ0n) is 7.64. The molecule has 0 fully saturated rings. The lowest BCUT2D eigenvalue weighted by Crippen LogP contribution is -2.43. The van der Waals surface area contributed by atoms with Crippen LogP contribution < -0.4 is 5.32 Å². The van der Waals surface area contributed by atoms with E-state index in [0.29, 0.717) is 12.5 Å². The third-order valence-electron chi connectivity index (χ3n) is 1.23. The van der Waals surface area contributed by atoms with Gasteiger partial charge in [-0.15, -0.1) is 0 Å². The van der Waals surface area contributed by atoms with E-state index in [2.05, 4.69) is 5.32 Å². The van der Waals surface area contributed by atoms with E-state index in [0.717, 1.165) is 0 Å². The van der Waals surface area contributed by atoms with Crippen molar-refractivity contribution in [3.05, 3.63) is 0 Å². The summed E-state index contributed by atoms with van der Waals surface area (Å²) in [6.45, 7) is 7.57. The van der Waals surface area contributed by atoms with Gasteiger partial charge in [-0.3, -0.25) is 4.79 Å². The van der Waals surface area contributed by atoms with Crippen molar-refractivity contribution < 1.29 is 9.90 Å². The van der Waals surface area contributed by atoms with E-state index in [1.54, 1.807) is 0 Å². The summed E-state index contributed by atoms with van der Waals surface area (Å²) in [5, 5.41) is 11.8. The zero-order chi connectivity index (χ0) is 9.07. The molecule has 3 heteroatoms. The third kappa shape index (κ3) is 4.79. The number of amides is 1. The summed E-state index contributed by atoms with van der Waals surface area (Å²) >= 11 is 0. The van der Waals surface area contributed by atoms with Crippen molar-refractivity contribution in [3.63, 3.8) is 0 Å². The Bertz CT molecular complexity index is 136. The van der Waals surface area contributed by atoms with Gasteiger partial charge in [-0.1, -0.05) is 13.8 Å². The van der Waals surface area contributed by atoms with Crippen LogP contribution in [0.25, 0.3) is 0 Å². The molecular formula is C8H17NO2. The van der Waals surface area contributed by atoms with Gasteiger partial charge in [0.25, 0.3) is 5.91 Å². The molecule has 11 heavy (non-hydrogen) atoms. The molecule has 1 amide bonds. The van der Waals surface area contributed by atoms with Gasteiger partial charge < -0.3 is 10.4 Å². The van der Waals surface area contributed by atoms with Crippen LogP contribution in [0.1, 0.15) is 27.7 Å². The van der Waals surface area contributed by atoms with Crippen molar-refractivity contribution in [2.75, 3.05) is 6.54 Å². The van der Waals surface area contributed by atoms with Crippen LogP contribution in [0.2, 0.25) is 0 Å². The third-order valence-corrected chi connectivity index (χ3v) is 1.23. The Morgan fingerprint density at radius 1 is 1.55 bits per heavy atom. The molecule has 0 bridgehead atoms. The first kappa shape index (κ1) is 10.4. The van der Waals surface area contributed by atoms with Crippen molar-refractivity contribution in [2.24, 2.45) is 5.92 Å². The fourth-order valence-corrected chi connectivity index (χ4v) is 0.513. The average Bonchev–Trinajstić information content (AvgIpc) is 1.80. The van der Waals surface area contributed by atoms with Gasteiger partial charge in [-0.2, -0.15) is 0 Å². The minimum Gasteiger partial charge on any atom is -0.381 e. The number of nitrogens with one attached hydrogen (secondary N) is 1. The predicted octanol–water partition coefficient (Wildman–Crippen LogP) is 0.529. The quantitative estimate of drug-likeness (QED) is 0.631. The van der Waals surface area contributed by atoms with Crippen LogP contribution >= 0.6 is 0 Å². The van der Waals surface area contributed by atoms with E-state index in [1.165, 1.54) is 13.8 Å². The molecule has 0 heterocycles. The van der Waals surface area contributed by atoms with Crippen LogP contribution in [0.4, 0.5) is 0 Å².